The largest absolute Gasteiger partial charge is 0.317 e. The number of fused-ring (bicyclic) bond motifs is 1. The molecule has 0 bridgehead atoms. The zero-order valence-electron chi connectivity index (χ0n) is 12.6. The molecule has 0 saturated carbocycles. The standard InChI is InChI=1S/C17H25N3O/c21-17(6-5-14-7-9-18-10-8-14)20-12-11-19-13-15-3-1-2-4-16(15)20/h1-4,14,18-19H,5-13H2. The Hall–Kier alpha value is -1.39. The normalized spacial score (nSPS) is 19.9. The summed E-state index contributed by atoms with van der Waals surface area (Å²) in [6.45, 7) is 4.72. The first-order chi connectivity index (χ1) is 10.3. The number of amides is 1. The van der Waals surface area contributed by atoms with Crippen molar-refractivity contribution in [2.24, 2.45) is 5.92 Å². The van der Waals surface area contributed by atoms with Gasteiger partial charge in [0.2, 0.25) is 5.91 Å². The average Bonchev–Trinajstić information content (AvgIpc) is 2.76. The van der Waals surface area contributed by atoms with E-state index in [1.165, 1.54) is 18.4 Å². The molecule has 1 aromatic carbocycles. The minimum absolute atomic E-state index is 0.282. The van der Waals surface area contributed by atoms with Gasteiger partial charge in [0.1, 0.15) is 0 Å². The van der Waals surface area contributed by atoms with Gasteiger partial charge in [0.15, 0.2) is 0 Å². The summed E-state index contributed by atoms with van der Waals surface area (Å²) in [6.07, 6.45) is 4.14. The minimum Gasteiger partial charge on any atom is -0.317 e. The first-order valence-electron chi connectivity index (χ1n) is 8.14. The number of carbonyl (C=O) groups is 1. The van der Waals surface area contributed by atoms with E-state index in [1.54, 1.807) is 0 Å². The molecule has 0 aliphatic carbocycles. The van der Waals surface area contributed by atoms with Gasteiger partial charge in [-0.2, -0.15) is 0 Å². The predicted octanol–water partition coefficient (Wildman–Crippen LogP) is 1.90. The molecule has 0 spiro atoms. The van der Waals surface area contributed by atoms with E-state index in [1.807, 2.05) is 17.0 Å². The van der Waals surface area contributed by atoms with E-state index in [-0.39, 0.29) is 5.91 Å². The molecule has 4 nitrogen and oxygen atoms in total. The Morgan fingerprint density at radius 1 is 1.14 bits per heavy atom. The molecule has 3 rings (SSSR count). The van der Waals surface area contributed by atoms with Crippen molar-refractivity contribution in [3.8, 4) is 0 Å². The molecule has 2 N–H and O–H groups in total. The van der Waals surface area contributed by atoms with Gasteiger partial charge < -0.3 is 15.5 Å². The summed E-state index contributed by atoms with van der Waals surface area (Å²) in [5.74, 6) is 1.00. The molecule has 0 radical (unpaired) electrons. The van der Waals surface area contributed by atoms with E-state index in [4.69, 9.17) is 0 Å². The summed E-state index contributed by atoms with van der Waals surface area (Å²) in [5, 5.41) is 6.78. The lowest BCUT2D eigenvalue weighted by Gasteiger charge is -2.25. The second-order valence-corrected chi connectivity index (χ2v) is 6.08. The van der Waals surface area contributed by atoms with Gasteiger partial charge in [-0.25, -0.2) is 0 Å². The summed E-state index contributed by atoms with van der Waals surface area (Å²) in [4.78, 5) is 14.6. The van der Waals surface area contributed by atoms with Crippen LogP contribution < -0.4 is 15.5 Å². The van der Waals surface area contributed by atoms with Gasteiger partial charge in [-0.05, 0) is 49.9 Å². The average molecular weight is 287 g/mol. The number of nitrogens with zero attached hydrogens (tertiary/aromatic N) is 1. The van der Waals surface area contributed by atoms with Crippen LogP contribution in [0, 0.1) is 5.92 Å². The molecule has 1 amide bonds. The Morgan fingerprint density at radius 3 is 2.81 bits per heavy atom. The molecule has 0 aromatic heterocycles. The minimum atomic E-state index is 0.282. The molecule has 114 valence electrons. The summed E-state index contributed by atoms with van der Waals surface area (Å²) in [6, 6.07) is 8.26. The van der Waals surface area contributed by atoms with Crippen LogP contribution in [0.2, 0.25) is 0 Å². The van der Waals surface area contributed by atoms with Crippen LogP contribution in [-0.2, 0) is 11.3 Å². The molecule has 2 heterocycles. The van der Waals surface area contributed by atoms with Crippen molar-refractivity contribution in [2.45, 2.75) is 32.2 Å². The Labute approximate surface area is 126 Å². The lowest BCUT2D eigenvalue weighted by atomic mass is 9.93. The van der Waals surface area contributed by atoms with E-state index in [0.29, 0.717) is 6.42 Å². The van der Waals surface area contributed by atoms with Crippen LogP contribution in [0.4, 0.5) is 5.69 Å². The Bertz CT molecular complexity index is 483. The van der Waals surface area contributed by atoms with E-state index >= 15 is 0 Å². The first-order valence-corrected chi connectivity index (χ1v) is 8.14. The maximum absolute atomic E-state index is 12.6. The highest BCUT2D eigenvalue weighted by Gasteiger charge is 2.22. The fraction of sp³-hybridized carbons (Fsp3) is 0.588. The van der Waals surface area contributed by atoms with Crippen LogP contribution in [0.1, 0.15) is 31.2 Å². The van der Waals surface area contributed by atoms with Gasteiger partial charge >= 0.3 is 0 Å². The van der Waals surface area contributed by atoms with Crippen LogP contribution in [0.25, 0.3) is 0 Å². The van der Waals surface area contributed by atoms with Crippen molar-refractivity contribution < 1.29 is 4.79 Å². The van der Waals surface area contributed by atoms with Gasteiger partial charge in [0, 0.05) is 31.7 Å². The molecule has 1 aromatic rings. The van der Waals surface area contributed by atoms with Gasteiger partial charge in [0.25, 0.3) is 0 Å². The smallest absolute Gasteiger partial charge is 0.227 e. The van der Waals surface area contributed by atoms with Crippen molar-refractivity contribution in [1.29, 1.82) is 0 Å². The van der Waals surface area contributed by atoms with Crippen LogP contribution >= 0.6 is 0 Å². The predicted molar refractivity (Wildman–Crippen MR) is 85.3 cm³/mol. The second-order valence-electron chi connectivity index (χ2n) is 6.08. The van der Waals surface area contributed by atoms with Crippen molar-refractivity contribution in [2.75, 3.05) is 31.1 Å². The third-order valence-electron chi connectivity index (χ3n) is 4.64. The summed E-state index contributed by atoms with van der Waals surface area (Å²) < 4.78 is 0. The van der Waals surface area contributed by atoms with E-state index < -0.39 is 0 Å². The van der Waals surface area contributed by atoms with Gasteiger partial charge in [-0.1, -0.05) is 18.2 Å². The van der Waals surface area contributed by atoms with Crippen molar-refractivity contribution in [1.82, 2.24) is 10.6 Å². The molecule has 21 heavy (non-hydrogen) atoms. The number of hydrogen-bond acceptors (Lipinski definition) is 3. The number of nitrogens with one attached hydrogen (secondary N) is 2. The van der Waals surface area contributed by atoms with Crippen LogP contribution in [0.3, 0.4) is 0 Å². The van der Waals surface area contributed by atoms with E-state index in [2.05, 4.69) is 22.8 Å². The monoisotopic (exact) mass is 287 g/mol. The highest BCUT2D eigenvalue weighted by molar-refractivity contribution is 5.94. The zero-order valence-corrected chi connectivity index (χ0v) is 12.6. The molecular formula is C17H25N3O. The third kappa shape index (κ3) is 3.63. The van der Waals surface area contributed by atoms with Gasteiger partial charge in [-0.3, -0.25) is 4.79 Å². The lowest BCUT2D eigenvalue weighted by Crippen LogP contribution is -2.35. The summed E-state index contributed by atoms with van der Waals surface area (Å²) in [5.41, 5.74) is 2.32. The fourth-order valence-corrected chi connectivity index (χ4v) is 3.35. The van der Waals surface area contributed by atoms with E-state index in [0.717, 1.165) is 50.7 Å². The summed E-state index contributed by atoms with van der Waals surface area (Å²) in [7, 11) is 0. The second kappa shape index (κ2) is 7.05. The van der Waals surface area contributed by atoms with Crippen molar-refractivity contribution >= 4 is 11.6 Å². The van der Waals surface area contributed by atoms with Crippen molar-refractivity contribution in [3.63, 3.8) is 0 Å². The number of piperidine rings is 1. The lowest BCUT2D eigenvalue weighted by molar-refractivity contribution is -0.118. The number of anilines is 1. The quantitative estimate of drug-likeness (QED) is 0.892. The number of carbonyl (C=O) groups excluding carboxylic acids is 1. The third-order valence-corrected chi connectivity index (χ3v) is 4.64. The highest BCUT2D eigenvalue weighted by atomic mass is 16.2. The first kappa shape index (κ1) is 14.5. The molecule has 1 saturated heterocycles. The molecular weight excluding hydrogens is 262 g/mol. The maximum Gasteiger partial charge on any atom is 0.227 e. The SMILES string of the molecule is O=C(CCC1CCNCC1)N1CCNCc2ccccc21. The van der Waals surface area contributed by atoms with Gasteiger partial charge in [-0.15, -0.1) is 0 Å². The van der Waals surface area contributed by atoms with Crippen LogP contribution in [0.15, 0.2) is 24.3 Å². The molecule has 0 unspecified atom stereocenters. The number of hydrogen-bond donors (Lipinski definition) is 2. The Morgan fingerprint density at radius 2 is 1.95 bits per heavy atom. The molecule has 0 atom stereocenters. The molecule has 2 aliphatic heterocycles. The maximum atomic E-state index is 12.6. The van der Waals surface area contributed by atoms with Crippen LogP contribution in [0.5, 0.6) is 0 Å². The highest BCUT2D eigenvalue weighted by Crippen LogP contribution is 2.24. The molecule has 1 fully saturated rings. The zero-order chi connectivity index (χ0) is 14.5. The number of benzene rings is 1. The Balaban J connectivity index is 1.63. The van der Waals surface area contributed by atoms with Crippen molar-refractivity contribution in [3.05, 3.63) is 29.8 Å². The number of para-hydroxylation sites is 1. The molecule has 4 heteroatoms. The topological polar surface area (TPSA) is 44.4 Å². The fourth-order valence-electron chi connectivity index (χ4n) is 3.35. The molecule has 2 aliphatic rings. The van der Waals surface area contributed by atoms with Gasteiger partial charge in [0.05, 0.1) is 0 Å². The van der Waals surface area contributed by atoms with Crippen LogP contribution in [-0.4, -0.2) is 32.1 Å². The Kier molecular flexibility index (Phi) is 4.88. The number of rotatable bonds is 3. The summed E-state index contributed by atoms with van der Waals surface area (Å²) >= 11 is 0. The van der Waals surface area contributed by atoms with E-state index in [9.17, 15) is 4.79 Å².